The molecule has 3 aromatic heterocycles. The number of nitrogens with zero attached hydrogens (tertiary/aromatic N) is 5. The van der Waals surface area contributed by atoms with E-state index in [9.17, 15) is 4.79 Å². The molecule has 1 amide bonds. The molecule has 1 atom stereocenters. The summed E-state index contributed by atoms with van der Waals surface area (Å²) in [5.74, 6) is 1.80. The van der Waals surface area contributed by atoms with E-state index in [-0.39, 0.29) is 11.8 Å². The molecule has 8 heteroatoms. The van der Waals surface area contributed by atoms with Crippen molar-refractivity contribution in [1.82, 2.24) is 24.8 Å². The molecule has 28 heavy (non-hydrogen) atoms. The van der Waals surface area contributed by atoms with E-state index in [1.165, 1.54) is 0 Å². The first-order valence-electron chi connectivity index (χ1n) is 9.15. The topological polar surface area (TPSA) is 97.0 Å². The van der Waals surface area contributed by atoms with Gasteiger partial charge in [0.25, 0.3) is 0 Å². The van der Waals surface area contributed by atoms with Crippen LogP contribution < -0.4 is 5.32 Å². The van der Waals surface area contributed by atoms with Crippen molar-refractivity contribution in [2.75, 3.05) is 18.4 Å². The van der Waals surface area contributed by atoms with Crippen LogP contribution in [0.4, 0.5) is 11.8 Å². The summed E-state index contributed by atoms with van der Waals surface area (Å²) in [6.07, 6.45) is 13.3. The summed E-state index contributed by atoms with van der Waals surface area (Å²) in [5, 5.41) is 3.13. The highest BCUT2D eigenvalue weighted by Gasteiger charge is 2.27. The molecular weight excluding hydrogens is 356 g/mol. The van der Waals surface area contributed by atoms with E-state index >= 15 is 0 Å². The molecule has 1 fully saturated rings. The molecule has 0 spiro atoms. The van der Waals surface area contributed by atoms with Crippen LogP contribution >= 0.6 is 0 Å². The molecule has 0 radical (unpaired) electrons. The number of hydrogen-bond donors (Lipinski definition) is 1. The zero-order chi connectivity index (χ0) is 19.2. The lowest BCUT2D eigenvalue weighted by molar-refractivity contribution is -0.127. The lowest BCUT2D eigenvalue weighted by Crippen LogP contribution is -2.38. The van der Waals surface area contributed by atoms with Crippen LogP contribution in [0.25, 0.3) is 6.08 Å². The molecule has 8 nitrogen and oxygen atoms in total. The van der Waals surface area contributed by atoms with Crippen LogP contribution in [-0.4, -0.2) is 43.8 Å². The first-order valence-corrected chi connectivity index (χ1v) is 9.15. The van der Waals surface area contributed by atoms with Crippen LogP contribution in [0.2, 0.25) is 0 Å². The van der Waals surface area contributed by atoms with Gasteiger partial charge < -0.3 is 14.6 Å². The van der Waals surface area contributed by atoms with Gasteiger partial charge in [0.2, 0.25) is 11.9 Å². The average molecular weight is 376 g/mol. The summed E-state index contributed by atoms with van der Waals surface area (Å²) in [7, 11) is 0. The van der Waals surface area contributed by atoms with Gasteiger partial charge in [-0.15, -0.1) is 0 Å². The van der Waals surface area contributed by atoms with E-state index in [0.717, 1.165) is 25.1 Å². The Balaban J connectivity index is 1.48. The maximum atomic E-state index is 12.6. The second-order valence-electron chi connectivity index (χ2n) is 6.46. The Morgan fingerprint density at radius 1 is 1.14 bits per heavy atom. The number of nitrogens with one attached hydrogen (secondary N) is 1. The minimum absolute atomic E-state index is 0.0362. The number of carbonyl (C=O) groups excluding carboxylic acids is 1. The molecule has 142 valence electrons. The van der Waals surface area contributed by atoms with Crippen LogP contribution in [0, 0.1) is 0 Å². The third-order valence-electron chi connectivity index (χ3n) is 4.58. The lowest BCUT2D eigenvalue weighted by Gasteiger charge is -2.32. The number of furan rings is 1. The first kappa shape index (κ1) is 17.8. The zero-order valence-electron chi connectivity index (χ0n) is 15.2. The third-order valence-corrected chi connectivity index (χ3v) is 4.58. The summed E-state index contributed by atoms with van der Waals surface area (Å²) in [6.45, 7) is 1.31. The minimum atomic E-state index is -0.0362. The van der Waals surface area contributed by atoms with Gasteiger partial charge in [-0.3, -0.25) is 9.78 Å². The van der Waals surface area contributed by atoms with Crippen LogP contribution in [0.5, 0.6) is 0 Å². The molecule has 0 unspecified atom stereocenters. The fraction of sp³-hybridized carbons (Fsp3) is 0.250. The standard InChI is InChI=1S/C20H20N6O2/c27-17(7-6-16-5-2-13-28-16)26-12-1-4-15(14-26)18-19(22-11-10-21-18)25-20-23-8-3-9-24-20/h2-3,5-11,13,15H,1,4,12,14H2,(H,22,23,24,25)/b7-6+/t15-/m1/s1. The second-order valence-corrected chi connectivity index (χ2v) is 6.46. The van der Waals surface area contributed by atoms with Crippen molar-refractivity contribution in [2.45, 2.75) is 18.8 Å². The van der Waals surface area contributed by atoms with E-state index < -0.39 is 0 Å². The van der Waals surface area contributed by atoms with Crippen LogP contribution in [0.1, 0.15) is 30.2 Å². The van der Waals surface area contributed by atoms with Gasteiger partial charge in [0.05, 0.1) is 12.0 Å². The van der Waals surface area contributed by atoms with E-state index in [4.69, 9.17) is 4.42 Å². The molecule has 3 aromatic rings. The molecule has 4 rings (SSSR count). The summed E-state index contributed by atoms with van der Waals surface area (Å²) >= 11 is 0. The minimum Gasteiger partial charge on any atom is -0.465 e. The van der Waals surface area contributed by atoms with Gasteiger partial charge in [0.15, 0.2) is 5.82 Å². The normalized spacial score (nSPS) is 17.0. The van der Waals surface area contributed by atoms with Crippen molar-refractivity contribution in [2.24, 2.45) is 0 Å². The van der Waals surface area contributed by atoms with Crippen molar-refractivity contribution in [3.8, 4) is 0 Å². The fourth-order valence-corrected chi connectivity index (χ4v) is 3.26. The Labute approximate surface area is 162 Å². The molecule has 1 aliphatic rings. The molecule has 0 aliphatic carbocycles. The van der Waals surface area contributed by atoms with Crippen molar-refractivity contribution in [3.63, 3.8) is 0 Å². The maximum Gasteiger partial charge on any atom is 0.246 e. The fourth-order valence-electron chi connectivity index (χ4n) is 3.26. The first-order chi connectivity index (χ1) is 13.8. The van der Waals surface area contributed by atoms with E-state index in [2.05, 4.69) is 25.3 Å². The van der Waals surface area contributed by atoms with Crippen LogP contribution in [0.3, 0.4) is 0 Å². The van der Waals surface area contributed by atoms with Gasteiger partial charge in [-0.1, -0.05) is 0 Å². The van der Waals surface area contributed by atoms with Crippen molar-refractivity contribution < 1.29 is 9.21 Å². The van der Waals surface area contributed by atoms with E-state index in [0.29, 0.717) is 24.1 Å². The smallest absolute Gasteiger partial charge is 0.246 e. The van der Waals surface area contributed by atoms with E-state index in [1.807, 2.05) is 11.0 Å². The SMILES string of the molecule is O=C(/C=C/c1ccco1)N1CCC[C@@H](c2nccnc2Nc2ncccn2)C1. The number of anilines is 2. The molecule has 1 N–H and O–H groups in total. The number of piperidine rings is 1. The Kier molecular flexibility index (Phi) is 5.37. The van der Waals surface area contributed by atoms with Crippen molar-refractivity contribution >= 4 is 23.7 Å². The van der Waals surface area contributed by atoms with Gasteiger partial charge >= 0.3 is 0 Å². The predicted octanol–water partition coefficient (Wildman–Crippen LogP) is 3.02. The van der Waals surface area contributed by atoms with Gasteiger partial charge in [-0.05, 0) is 37.1 Å². The molecular formula is C20H20N6O2. The van der Waals surface area contributed by atoms with E-state index in [1.54, 1.807) is 55.3 Å². The van der Waals surface area contributed by atoms with Gasteiger partial charge in [0.1, 0.15) is 5.76 Å². The summed E-state index contributed by atoms with van der Waals surface area (Å²) in [6, 6.07) is 5.36. The molecule has 0 aromatic carbocycles. The highest BCUT2D eigenvalue weighted by atomic mass is 16.3. The lowest BCUT2D eigenvalue weighted by atomic mass is 9.94. The van der Waals surface area contributed by atoms with Gasteiger partial charge in [-0.2, -0.15) is 0 Å². The Hall–Kier alpha value is -3.55. The number of amides is 1. The second kappa shape index (κ2) is 8.43. The number of aromatic nitrogens is 4. The number of likely N-dealkylation sites (tertiary alicyclic amines) is 1. The largest absolute Gasteiger partial charge is 0.465 e. The van der Waals surface area contributed by atoms with Crippen LogP contribution in [-0.2, 0) is 4.79 Å². The van der Waals surface area contributed by atoms with Crippen LogP contribution in [0.15, 0.2) is 59.7 Å². The van der Waals surface area contributed by atoms with Crippen molar-refractivity contribution in [3.05, 3.63) is 66.8 Å². The summed E-state index contributed by atoms with van der Waals surface area (Å²) < 4.78 is 5.24. The predicted molar refractivity (Wildman–Crippen MR) is 104 cm³/mol. The zero-order valence-corrected chi connectivity index (χ0v) is 15.2. The molecule has 1 saturated heterocycles. The number of carbonyl (C=O) groups is 1. The Bertz CT molecular complexity index is 942. The summed E-state index contributed by atoms with van der Waals surface area (Å²) in [5.41, 5.74) is 0.822. The Morgan fingerprint density at radius 2 is 2.00 bits per heavy atom. The molecule has 0 bridgehead atoms. The van der Waals surface area contributed by atoms with Gasteiger partial charge in [0, 0.05) is 49.9 Å². The third kappa shape index (κ3) is 4.22. The Morgan fingerprint density at radius 3 is 2.82 bits per heavy atom. The highest BCUT2D eigenvalue weighted by Crippen LogP contribution is 2.30. The van der Waals surface area contributed by atoms with Crippen molar-refractivity contribution in [1.29, 1.82) is 0 Å². The van der Waals surface area contributed by atoms with Gasteiger partial charge in [-0.25, -0.2) is 15.0 Å². The maximum absolute atomic E-state index is 12.6. The summed E-state index contributed by atoms with van der Waals surface area (Å²) in [4.78, 5) is 31.7. The monoisotopic (exact) mass is 376 g/mol. The highest BCUT2D eigenvalue weighted by molar-refractivity contribution is 5.91. The average Bonchev–Trinajstić information content (AvgIpc) is 3.27. The number of hydrogen-bond acceptors (Lipinski definition) is 7. The number of rotatable bonds is 5. The molecule has 4 heterocycles. The molecule has 0 saturated carbocycles. The quantitative estimate of drug-likeness (QED) is 0.684. The molecule has 1 aliphatic heterocycles.